The standard InChI is InChI=1S/C22H21N7O4/c1-3-27(4-2)14-5-9-18(22(31)13-14)23-24-20-11-15(7-10-21(20)30)28-25-17-8-6-16(29(32)33)12-19(17)26-28/h5-13,30-31H,3-4H2,1-2H3. The minimum Gasteiger partial charge on any atom is -0.506 e. The molecule has 1 heterocycles. The van der Waals surface area contributed by atoms with E-state index in [9.17, 15) is 20.3 Å². The van der Waals surface area contributed by atoms with Crippen LogP contribution in [0, 0.1) is 10.1 Å². The van der Waals surface area contributed by atoms with Crippen molar-refractivity contribution < 1.29 is 15.1 Å². The number of anilines is 1. The van der Waals surface area contributed by atoms with Gasteiger partial charge in [0, 0.05) is 37.0 Å². The summed E-state index contributed by atoms with van der Waals surface area (Å²) in [5.74, 6) is -0.144. The van der Waals surface area contributed by atoms with Crippen LogP contribution in [0.5, 0.6) is 11.5 Å². The number of hydrogen-bond donors (Lipinski definition) is 2. The molecule has 11 nitrogen and oxygen atoms in total. The van der Waals surface area contributed by atoms with Crippen LogP contribution in [-0.4, -0.2) is 43.2 Å². The number of aromatic nitrogens is 3. The molecule has 4 aromatic rings. The number of phenolic OH excluding ortho intramolecular Hbond substituents is 2. The Kier molecular flexibility index (Phi) is 5.85. The van der Waals surface area contributed by atoms with Crippen LogP contribution >= 0.6 is 0 Å². The average Bonchev–Trinajstić information content (AvgIpc) is 3.23. The lowest BCUT2D eigenvalue weighted by atomic mass is 10.2. The van der Waals surface area contributed by atoms with Crippen LogP contribution in [-0.2, 0) is 0 Å². The first-order chi connectivity index (χ1) is 15.9. The van der Waals surface area contributed by atoms with Gasteiger partial charge in [0.05, 0.1) is 10.6 Å². The van der Waals surface area contributed by atoms with Gasteiger partial charge in [-0.05, 0) is 50.2 Å². The minimum absolute atomic E-state index is 0.0274. The minimum atomic E-state index is -0.499. The van der Waals surface area contributed by atoms with E-state index in [0.29, 0.717) is 16.7 Å². The highest BCUT2D eigenvalue weighted by atomic mass is 16.6. The Balaban J connectivity index is 1.63. The second-order valence-electron chi connectivity index (χ2n) is 7.14. The number of non-ortho nitro benzene ring substituents is 1. The first kappa shape index (κ1) is 21.7. The summed E-state index contributed by atoms with van der Waals surface area (Å²) in [6, 6.07) is 13.9. The average molecular weight is 447 g/mol. The molecular weight excluding hydrogens is 426 g/mol. The van der Waals surface area contributed by atoms with Crippen LogP contribution in [0.15, 0.2) is 64.8 Å². The van der Waals surface area contributed by atoms with E-state index in [4.69, 9.17) is 0 Å². The first-order valence-electron chi connectivity index (χ1n) is 10.2. The van der Waals surface area contributed by atoms with Gasteiger partial charge >= 0.3 is 0 Å². The molecule has 0 spiro atoms. The molecule has 0 amide bonds. The smallest absolute Gasteiger partial charge is 0.271 e. The summed E-state index contributed by atoms with van der Waals surface area (Å²) in [7, 11) is 0. The molecule has 1 aromatic heterocycles. The van der Waals surface area contributed by atoms with Crippen molar-refractivity contribution in [2.45, 2.75) is 13.8 Å². The van der Waals surface area contributed by atoms with Crippen molar-refractivity contribution in [1.82, 2.24) is 15.0 Å². The lowest BCUT2D eigenvalue weighted by Crippen LogP contribution is -2.21. The Hall–Kier alpha value is -4.54. The highest BCUT2D eigenvalue weighted by Gasteiger charge is 2.12. The van der Waals surface area contributed by atoms with E-state index >= 15 is 0 Å². The Bertz CT molecular complexity index is 1360. The summed E-state index contributed by atoms with van der Waals surface area (Å²) < 4.78 is 0. The fourth-order valence-corrected chi connectivity index (χ4v) is 3.34. The lowest BCUT2D eigenvalue weighted by molar-refractivity contribution is -0.384. The number of nitrogens with zero attached hydrogens (tertiary/aromatic N) is 7. The summed E-state index contributed by atoms with van der Waals surface area (Å²) in [5.41, 5.74) is 2.51. The van der Waals surface area contributed by atoms with E-state index in [1.165, 1.54) is 35.1 Å². The normalized spacial score (nSPS) is 11.3. The molecule has 0 aliphatic heterocycles. The van der Waals surface area contributed by atoms with Crippen LogP contribution in [0.1, 0.15) is 13.8 Å². The molecule has 0 aliphatic rings. The summed E-state index contributed by atoms with van der Waals surface area (Å²) in [6.45, 7) is 5.67. The predicted octanol–water partition coefficient (Wildman–Crippen LogP) is 5.00. The van der Waals surface area contributed by atoms with E-state index in [1.54, 1.807) is 18.2 Å². The van der Waals surface area contributed by atoms with Crippen LogP contribution < -0.4 is 4.90 Å². The zero-order chi connectivity index (χ0) is 23.5. The topological polar surface area (TPSA) is 142 Å². The molecule has 0 aliphatic carbocycles. The van der Waals surface area contributed by atoms with Crippen LogP contribution in [0.3, 0.4) is 0 Å². The highest BCUT2D eigenvalue weighted by Crippen LogP contribution is 2.35. The predicted molar refractivity (Wildman–Crippen MR) is 123 cm³/mol. The number of aromatic hydroxyl groups is 2. The van der Waals surface area contributed by atoms with Crippen LogP contribution in [0.4, 0.5) is 22.7 Å². The molecule has 11 heteroatoms. The van der Waals surface area contributed by atoms with Crippen molar-refractivity contribution in [3.63, 3.8) is 0 Å². The van der Waals surface area contributed by atoms with Gasteiger partial charge in [0.1, 0.15) is 33.9 Å². The zero-order valence-corrected chi connectivity index (χ0v) is 18.0. The molecule has 0 saturated heterocycles. The Morgan fingerprint density at radius 3 is 2.33 bits per heavy atom. The number of rotatable bonds is 7. The number of nitro benzene ring substituents is 1. The summed E-state index contributed by atoms with van der Waals surface area (Å²) >= 11 is 0. The molecule has 33 heavy (non-hydrogen) atoms. The number of fused-ring (bicyclic) bond motifs is 1. The number of hydrogen-bond acceptors (Lipinski definition) is 9. The molecule has 0 unspecified atom stereocenters. The van der Waals surface area contributed by atoms with Crippen molar-refractivity contribution >= 4 is 33.8 Å². The maximum absolute atomic E-state index is 11.0. The summed E-state index contributed by atoms with van der Waals surface area (Å²) in [5, 5.41) is 48.2. The van der Waals surface area contributed by atoms with Gasteiger partial charge in [0.25, 0.3) is 5.69 Å². The highest BCUT2D eigenvalue weighted by molar-refractivity contribution is 5.76. The second kappa shape index (κ2) is 8.91. The van der Waals surface area contributed by atoms with Gasteiger partial charge in [-0.1, -0.05) is 0 Å². The van der Waals surface area contributed by atoms with Crippen molar-refractivity contribution in [2.75, 3.05) is 18.0 Å². The second-order valence-corrected chi connectivity index (χ2v) is 7.14. The van der Waals surface area contributed by atoms with Gasteiger partial charge in [-0.3, -0.25) is 10.1 Å². The van der Waals surface area contributed by atoms with Gasteiger partial charge in [-0.25, -0.2) is 0 Å². The fraction of sp³-hybridized carbons (Fsp3) is 0.182. The molecule has 0 bridgehead atoms. The third kappa shape index (κ3) is 4.42. The zero-order valence-electron chi connectivity index (χ0n) is 18.0. The number of azo groups is 1. The third-order valence-corrected chi connectivity index (χ3v) is 5.12. The van der Waals surface area contributed by atoms with E-state index < -0.39 is 4.92 Å². The van der Waals surface area contributed by atoms with E-state index in [0.717, 1.165) is 18.8 Å². The molecule has 4 rings (SSSR count). The maximum atomic E-state index is 11.0. The summed E-state index contributed by atoms with van der Waals surface area (Å²) in [6.07, 6.45) is 0. The van der Waals surface area contributed by atoms with Crippen molar-refractivity contribution in [1.29, 1.82) is 0 Å². The Morgan fingerprint density at radius 1 is 0.909 bits per heavy atom. The largest absolute Gasteiger partial charge is 0.506 e. The lowest BCUT2D eigenvalue weighted by Gasteiger charge is -2.21. The molecule has 3 aromatic carbocycles. The Labute approximate surface area is 188 Å². The molecule has 0 fully saturated rings. The van der Waals surface area contributed by atoms with Gasteiger partial charge in [-0.15, -0.1) is 20.4 Å². The SMILES string of the molecule is CCN(CC)c1ccc(N=Nc2cc(-n3nc4ccc([N+](=O)[O-])cc4n3)ccc2O)c(O)c1. The van der Waals surface area contributed by atoms with E-state index in [-0.39, 0.29) is 28.6 Å². The maximum Gasteiger partial charge on any atom is 0.271 e. The number of phenols is 2. The summed E-state index contributed by atoms with van der Waals surface area (Å²) in [4.78, 5) is 13.9. The van der Waals surface area contributed by atoms with E-state index in [1.807, 2.05) is 19.9 Å². The van der Waals surface area contributed by atoms with Crippen molar-refractivity contribution in [3.8, 4) is 17.2 Å². The Morgan fingerprint density at radius 2 is 1.64 bits per heavy atom. The van der Waals surface area contributed by atoms with Crippen molar-refractivity contribution in [2.24, 2.45) is 10.2 Å². The fourth-order valence-electron chi connectivity index (χ4n) is 3.34. The van der Waals surface area contributed by atoms with Gasteiger partial charge in [0.2, 0.25) is 0 Å². The van der Waals surface area contributed by atoms with E-state index in [2.05, 4.69) is 25.3 Å². The monoisotopic (exact) mass is 447 g/mol. The first-order valence-corrected chi connectivity index (χ1v) is 10.2. The molecular formula is C22H21N7O4. The third-order valence-electron chi connectivity index (χ3n) is 5.12. The van der Waals surface area contributed by atoms with Crippen LogP contribution in [0.25, 0.3) is 16.7 Å². The van der Waals surface area contributed by atoms with Crippen LogP contribution in [0.2, 0.25) is 0 Å². The van der Waals surface area contributed by atoms with Gasteiger partial charge in [-0.2, -0.15) is 4.80 Å². The quantitative estimate of drug-likeness (QED) is 0.230. The number of benzene rings is 3. The van der Waals surface area contributed by atoms with Crippen molar-refractivity contribution in [3.05, 3.63) is 64.7 Å². The molecule has 0 atom stereocenters. The molecule has 2 N–H and O–H groups in total. The number of nitro groups is 1. The molecule has 0 radical (unpaired) electrons. The van der Waals surface area contributed by atoms with Gasteiger partial charge < -0.3 is 15.1 Å². The van der Waals surface area contributed by atoms with Gasteiger partial charge in [0.15, 0.2) is 0 Å². The molecule has 168 valence electrons. The molecule has 0 saturated carbocycles.